The molecule has 1 heterocycles. The number of carbonyl (C=O) groups is 1. The van der Waals surface area contributed by atoms with Gasteiger partial charge in [-0.3, -0.25) is 4.79 Å². The lowest BCUT2D eigenvalue weighted by molar-refractivity contribution is -0.156. The molecule has 0 amide bonds. The molecule has 0 saturated carbocycles. The lowest BCUT2D eigenvalue weighted by Gasteiger charge is -2.28. The first kappa shape index (κ1) is 22.6. The standard InChI is InChI=1S/C20H27NO3S.ClH/c1-19(2,3)24-18(22)20(4,5)25-17-10-8-15(9-11-17)13-21-14-16-7-6-12-23-16;/h6-12,21H,13-14H2,1-5H3;1H. The zero-order valence-electron chi connectivity index (χ0n) is 16.0. The lowest BCUT2D eigenvalue weighted by Crippen LogP contribution is -2.36. The minimum absolute atomic E-state index is 0. The van der Waals surface area contributed by atoms with Gasteiger partial charge in [-0.15, -0.1) is 24.2 Å². The number of halogens is 1. The number of carbonyl (C=O) groups excluding carboxylic acids is 1. The van der Waals surface area contributed by atoms with Crippen molar-refractivity contribution in [1.82, 2.24) is 5.32 Å². The van der Waals surface area contributed by atoms with Gasteiger partial charge in [0.05, 0.1) is 12.8 Å². The first-order valence-corrected chi connectivity index (χ1v) is 9.22. The number of thioether (sulfide) groups is 1. The maximum absolute atomic E-state index is 12.3. The fraction of sp³-hybridized carbons (Fsp3) is 0.450. The van der Waals surface area contributed by atoms with Gasteiger partial charge in [-0.1, -0.05) is 12.1 Å². The zero-order chi connectivity index (χ0) is 18.5. The molecule has 2 rings (SSSR count). The van der Waals surface area contributed by atoms with Gasteiger partial charge in [-0.05, 0) is 64.4 Å². The van der Waals surface area contributed by atoms with Gasteiger partial charge in [-0.2, -0.15) is 0 Å². The van der Waals surface area contributed by atoms with E-state index in [4.69, 9.17) is 9.15 Å². The Kier molecular flexibility index (Phi) is 8.25. The number of ether oxygens (including phenoxy) is 1. The third-order valence-corrected chi connectivity index (χ3v) is 4.58. The zero-order valence-corrected chi connectivity index (χ0v) is 17.6. The Hall–Kier alpha value is -1.43. The van der Waals surface area contributed by atoms with E-state index in [2.05, 4.69) is 17.4 Å². The Balaban J connectivity index is 0.00000338. The maximum Gasteiger partial charge on any atom is 0.322 e. The first-order valence-electron chi connectivity index (χ1n) is 8.40. The average molecular weight is 398 g/mol. The Morgan fingerprint density at radius 3 is 2.27 bits per heavy atom. The van der Waals surface area contributed by atoms with Crippen LogP contribution in [-0.4, -0.2) is 16.3 Å². The summed E-state index contributed by atoms with van der Waals surface area (Å²) in [6.07, 6.45) is 1.68. The highest BCUT2D eigenvalue weighted by atomic mass is 35.5. The molecule has 6 heteroatoms. The second-order valence-electron chi connectivity index (χ2n) is 7.44. The van der Waals surface area contributed by atoms with Crippen molar-refractivity contribution in [3.8, 4) is 0 Å². The molecule has 1 N–H and O–H groups in total. The van der Waals surface area contributed by atoms with E-state index >= 15 is 0 Å². The molecular weight excluding hydrogens is 370 g/mol. The molecule has 0 fully saturated rings. The van der Waals surface area contributed by atoms with Crippen LogP contribution >= 0.6 is 24.2 Å². The third-order valence-electron chi connectivity index (χ3n) is 3.40. The molecule has 0 aliphatic carbocycles. The van der Waals surface area contributed by atoms with Gasteiger partial charge in [-0.25, -0.2) is 0 Å². The molecule has 2 aromatic rings. The van der Waals surface area contributed by atoms with Gasteiger partial charge in [0.2, 0.25) is 0 Å². The summed E-state index contributed by atoms with van der Waals surface area (Å²) >= 11 is 1.52. The molecule has 144 valence electrons. The predicted molar refractivity (Wildman–Crippen MR) is 109 cm³/mol. The summed E-state index contributed by atoms with van der Waals surface area (Å²) in [6.45, 7) is 10.9. The largest absolute Gasteiger partial charge is 0.468 e. The Morgan fingerprint density at radius 1 is 1.08 bits per heavy atom. The fourth-order valence-corrected chi connectivity index (χ4v) is 3.14. The number of esters is 1. The van der Waals surface area contributed by atoms with Crippen LogP contribution < -0.4 is 5.32 Å². The van der Waals surface area contributed by atoms with Crippen LogP contribution in [0.15, 0.2) is 52.0 Å². The van der Waals surface area contributed by atoms with E-state index in [1.54, 1.807) is 6.26 Å². The van der Waals surface area contributed by atoms with Crippen molar-refractivity contribution in [3.63, 3.8) is 0 Å². The first-order chi connectivity index (χ1) is 11.7. The number of rotatable bonds is 7. The summed E-state index contributed by atoms with van der Waals surface area (Å²) in [5.74, 6) is 0.723. The molecule has 1 aromatic heterocycles. The smallest absolute Gasteiger partial charge is 0.322 e. The van der Waals surface area contributed by atoms with Crippen LogP contribution in [0.3, 0.4) is 0 Å². The quantitative estimate of drug-likeness (QED) is 0.513. The van der Waals surface area contributed by atoms with Crippen LogP contribution in [0.4, 0.5) is 0 Å². The molecule has 0 aliphatic rings. The average Bonchev–Trinajstić information content (AvgIpc) is 3.00. The normalized spacial score (nSPS) is 11.7. The molecule has 0 aliphatic heterocycles. The van der Waals surface area contributed by atoms with Crippen molar-refractivity contribution >= 4 is 30.1 Å². The van der Waals surface area contributed by atoms with Crippen LogP contribution in [-0.2, 0) is 22.6 Å². The predicted octanol–water partition coefficient (Wildman–Crippen LogP) is 5.20. The number of benzene rings is 1. The van der Waals surface area contributed by atoms with Crippen LogP contribution in [0.5, 0.6) is 0 Å². The molecule has 1 aromatic carbocycles. The van der Waals surface area contributed by atoms with Crippen molar-refractivity contribution in [3.05, 3.63) is 54.0 Å². The van der Waals surface area contributed by atoms with Gasteiger partial charge in [0, 0.05) is 11.4 Å². The highest BCUT2D eigenvalue weighted by molar-refractivity contribution is 8.01. The summed E-state index contributed by atoms with van der Waals surface area (Å²) in [5.41, 5.74) is 0.712. The van der Waals surface area contributed by atoms with E-state index < -0.39 is 10.3 Å². The molecule has 4 nitrogen and oxygen atoms in total. The van der Waals surface area contributed by atoms with Gasteiger partial charge in [0.1, 0.15) is 16.1 Å². The van der Waals surface area contributed by atoms with E-state index in [-0.39, 0.29) is 18.4 Å². The second-order valence-corrected chi connectivity index (χ2v) is 9.14. The molecule has 0 saturated heterocycles. The van der Waals surface area contributed by atoms with Gasteiger partial charge >= 0.3 is 5.97 Å². The van der Waals surface area contributed by atoms with Crippen molar-refractivity contribution in [2.45, 2.75) is 63.0 Å². The fourth-order valence-electron chi connectivity index (χ4n) is 2.16. The topological polar surface area (TPSA) is 51.5 Å². The second kappa shape index (κ2) is 9.49. The monoisotopic (exact) mass is 397 g/mol. The molecule has 0 radical (unpaired) electrons. The van der Waals surface area contributed by atoms with E-state index in [1.807, 2.05) is 58.9 Å². The number of hydrogen-bond donors (Lipinski definition) is 1. The van der Waals surface area contributed by atoms with Crippen molar-refractivity contribution in [2.75, 3.05) is 0 Å². The molecule has 0 unspecified atom stereocenters. The highest BCUT2D eigenvalue weighted by Crippen LogP contribution is 2.34. The van der Waals surface area contributed by atoms with Gasteiger partial charge in [0.25, 0.3) is 0 Å². The van der Waals surface area contributed by atoms with E-state index in [1.165, 1.54) is 17.3 Å². The van der Waals surface area contributed by atoms with Crippen LogP contribution in [0.1, 0.15) is 45.9 Å². The SMILES string of the molecule is CC(C)(C)OC(=O)C(C)(C)Sc1ccc(CNCc2ccco2)cc1.Cl. The van der Waals surface area contributed by atoms with Crippen molar-refractivity contribution in [1.29, 1.82) is 0 Å². The minimum Gasteiger partial charge on any atom is -0.468 e. The van der Waals surface area contributed by atoms with Crippen LogP contribution in [0.2, 0.25) is 0 Å². The van der Waals surface area contributed by atoms with E-state index in [9.17, 15) is 4.79 Å². The molecule has 26 heavy (non-hydrogen) atoms. The summed E-state index contributed by atoms with van der Waals surface area (Å²) < 4.78 is 10.2. The Bertz CT molecular complexity index is 676. The highest BCUT2D eigenvalue weighted by Gasteiger charge is 2.33. The lowest BCUT2D eigenvalue weighted by atomic mass is 10.1. The molecule has 0 atom stereocenters. The molecular formula is C20H28ClNO3S. The Labute approximate surface area is 166 Å². The molecule has 0 bridgehead atoms. The number of nitrogens with one attached hydrogen (secondary N) is 1. The third kappa shape index (κ3) is 7.44. The van der Waals surface area contributed by atoms with Gasteiger partial charge in [0.15, 0.2) is 0 Å². The summed E-state index contributed by atoms with van der Waals surface area (Å²) in [5, 5.41) is 3.34. The Morgan fingerprint density at radius 2 is 1.73 bits per heavy atom. The summed E-state index contributed by atoms with van der Waals surface area (Å²) in [4.78, 5) is 13.4. The number of furan rings is 1. The van der Waals surface area contributed by atoms with Crippen molar-refractivity contribution in [2.24, 2.45) is 0 Å². The van der Waals surface area contributed by atoms with Gasteiger partial charge < -0.3 is 14.5 Å². The summed E-state index contributed by atoms with van der Waals surface area (Å²) in [6, 6.07) is 12.1. The molecule has 0 spiro atoms. The van der Waals surface area contributed by atoms with Crippen LogP contribution in [0, 0.1) is 0 Å². The summed E-state index contributed by atoms with van der Waals surface area (Å²) in [7, 11) is 0. The maximum atomic E-state index is 12.3. The van der Waals surface area contributed by atoms with Crippen molar-refractivity contribution < 1.29 is 13.9 Å². The van der Waals surface area contributed by atoms with E-state index in [0.717, 1.165) is 17.2 Å². The number of hydrogen-bond acceptors (Lipinski definition) is 5. The van der Waals surface area contributed by atoms with E-state index in [0.29, 0.717) is 6.54 Å². The van der Waals surface area contributed by atoms with Crippen LogP contribution in [0.25, 0.3) is 0 Å². The minimum atomic E-state index is -0.633.